The third-order valence-corrected chi connectivity index (χ3v) is 4.75. The van der Waals surface area contributed by atoms with Gasteiger partial charge in [-0.15, -0.1) is 0 Å². The van der Waals surface area contributed by atoms with Crippen molar-refractivity contribution in [3.05, 3.63) is 32.7 Å². The minimum atomic E-state index is -0.439. The first-order chi connectivity index (χ1) is 8.62. The van der Waals surface area contributed by atoms with E-state index in [0.29, 0.717) is 0 Å². The van der Waals surface area contributed by atoms with Crippen LogP contribution >= 0.6 is 31.9 Å². The molecule has 0 unspecified atom stereocenters. The van der Waals surface area contributed by atoms with Crippen LogP contribution in [-0.4, -0.2) is 18.3 Å². The maximum Gasteiger partial charge on any atom is 0.480 e. The molecular weight excluding hydrogens is 373 g/mol. The van der Waals surface area contributed by atoms with Gasteiger partial charge in [-0.1, -0.05) is 31.9 Å². The lowest BCUT2D eigenvalue weighted by Crippen LogP contribution is -2.41. The van der Waals surface area contributed by atoms with Gasteiger partial charge in [0, 0.05) is 8.95 Å². The van der Waals surface area contributed by atoms with E-state index in [4.69, 9.17) is 15.0 Å². The van der Waals surface area contributed by atoms with Crippen molar-refractivity contribution in [3.63, 3.8) is 0 Å². The number of hydrogen-bond donors (Lipinski definition) is 1. The Balaban J connectivity index is 2.24. The van der Waals surface area contributed by atoms with E-state index in [1.807, 2.05) is 45.9 Å². The smallest absolute Gasteiger partial charge is 0.402 e. The van der Waals surface area contributed by atoms with Crippen molar-refractivity contribution in [1.82, 2.24) is 0 Å². The monoisotopic (exact) mass is 389 g/mol. The molecule has 0 bridgehead atoms. The fourth-order valence-electron chi connectivity index (χ4n) is 1.96. The van der Waals surface area contributed by atoms with Gasteiger partial charge in [-0.2, -0.15) is 0 Å². The van der Waals surface area contributed by atoms with Crippen molar-refractivity contribution in [2.45, 2.75) is 44.8 Å². The Morgan fingerprint density at radius 3 is 1.84 bits per heavy atom. The molecule has 1 atom stereocenters. The summed E-state index contributed by atoms with van der Waals surface area (Å²) in [6.45, 7) is 8.10. The number of rotatable bonds is 2. The van der Waals surface area contributed by atoms with Gasteiger partial charge >= 0.3 is 7.12 Å². The van der Waals surface area contributed by atoms with Gasteiger partial charge in [0.15, 0.2) is 0 Å². The molecule has 0 spiro atoms. The van der Waals surface area contributed by atoms with E-state index in [1.165, 1.54) is 0 Å². The Kier molecular flexibility index (Phi) is 4.21. The highest BCUT2D eigenvalue weighted by Gasteiger charge is 2.53. The van der Waals surface area contributed by atoms with Crippen LogP contribution in [0, 0.1) is 0 Å². The van der Waals surface area contributed by atoms with E-state index in [-0.39, 0.29) is 17.1 Å². The average molecular weight is 391 g/mol. The van der Waals surface area contributed by atoms with Crippen LogP contribution in [0.1, 0.15) is 39.2 Å². The van der Waals surface area contributed by atoms with Gasteiger partial charge in [0.25, 0.3) is 0 Å². The van der Waals surface area contributed by atoms with E-state index >= 15 is 0 Å². The zero-order chi connectivity index (χ0) is 14.4. The summed E-state index contributed by atoms with van der Waals surface area (Å²) in [5.74, 6) is -0.324. The molecule has 2 N–H and O–H groups in total. The molecule has 1 fully saturated rings. The fraction of sp³-hybridized carbons (Fsp3) is 0.538. The summed E-state index contributed by atoms with van der Waals surface area (Å²) >= 11 is 6.94. The molecule has 1 aliphatic heterocycles. The molecule has 0 aliphatic carbocycles. The quantitative estimate of drug-likeness (QED) is 0.780. The molecular formula is C13H18BBr2NO2. The van der Waals surface area contributed by atoms with Crippen molar-refractivity contribution < 1.29 is 9.31 Å². The van der Waals surface area contributed by atoms with Crippen molar-refractivity contribution in [1.29, 1.82) is 0 Å². The lowest BCUT2D eigenvalue weighted by Gasteiger charge is -2.32. The molecule has 6 heteroatoms. The van der Waals surface area contributed by atoms with Gasteiger partial charge in [0.05, 0.1) is 17.1 Å². The van der Waals surface area contributed by atoms with Crippen LogP contribution in [0.2, 0.25) is 0 Å². The maximum atomic E-state index is 6.29. The van der Waals surface area contributed by atoms with Crippen molar-refractivity contribution in [3.8, 4) is 0 Å². The number of nitrogens with two attached hydrogens (primary N) is 1. The number of halogens is 2. The second-order valence-corrected chi connectivity index (χ2v) is 7.68. The van der Waals surface area contributed by atoms with Crippen molar-refractivity contribution >= 4 is 39.0 Å². The zero-order valence-corrected chi connectivity index (χ0v) is 14.7. The molecule has 0 radical (unpaired) electrons. The molecule has 0 saturated carbocycles. The predicted molar refractivity (Wildman–Crippen MR) is 84.9 cm³/mol. The molecule has 1 aromatic carbocycles. The summed E-state index contributed by atoms with van der Waals surface area (Å²) in [6, 6.07) is 5.95. The molecule has 1 aliphatic rings. The lowest BCUT2D eigenvalue weighted by atomic mass is 9.75. The maximum absolute atomic E-state index is 6.29. The number of benzene rings is 1. The van der Waals surface area contributed by atoms with Crippen molar-refractivity contribution in [2.24, 2.45) is 5.73 Å². The molecule has 0 amide bonds. The Bertz CT molecular complexity index is 457. The summed E-state index contributed by atoms with van der Waals surface area (Å²) in [5.41, 5.74) is 6.54. The van der Waals surface area contributed by atoms with Gasteiger partial charge in [-0.3, -0.25) is 0 Å². The van der Waals surface area contributed by atoms with Gasteiger partial charge in [-0.05, 0) is 51.5 Å². The highest BCUT2D eigenvalue weighted by molar-refractivity contribution is 9.11. The summed E-state index contributed by atoms with van der Waals surface area (Å²) in [4.78, 5) is 0. The molecule has 1 saturated heterocycles. The summed E-state index contributed by atoms with van der Waals surface area (Å²) in [7, 11) is -0.439. The predicted octanol–water partition coefficient (Wildman–Crippen LogP) is 3.84. The van der Waals surface area contributed by atoms with Crippen molar-refractivity contribution in [2.75, 3.05) is 0 Å². The van der Waals surface area contributed by atoms with Crippen LogP contribution in [0.15, 0.2) is 27.1 Å². The first-order valence-electron chi connectivity index (χ1n) is 6.20. The highest BCUT2D eigenvalue weighted by atomic mass is 79.9. The van der Waals surface area contributed by atoms with Gasteiger partial charge < -0.3 is 15.0 Å². The second-order valence-electron chi connectivity index (χ2n) is 5.85. The number of hydrogen-bond acceptors (Lipinski definition) is 3. The topological polar surface area (TPSA) is 44.5 Å². The van der Waals surface area contributed by atoms with E-state index in [2.05, 4.69) is 31.9 Å². The van der Waals surface area contributed by atoms with E-state index in [9.17, 15) is 0 Å². The van der Waals surface area contributed by atoms with E-state index in [1.54, 1.807) is 0 Å². The first-order valence-corrected chi connectivity index (χ1v) is 7.78. The van der Waals surface area contributed by atoms with Crippen LogP contribution < -0.4 is 5.73 Å². The van der Waals surface area contributed by atoms with Gasteiger partial charge in [0.1, 0.15) is 0 Å². The second kappa shape index (κ2) is 5.15. The Hall–Kier alpha value is 0.125. The lowest BCUT2D eigenvalue weighted by molar-refractivity contribution is 0.00578. The van der Waals surface area contributed by atoms with Crippen LogP contribution in [0.5, 0.6) is 0 Å². The van der Waals surface area contributed by atoms with Crippen LogP contribution in [0.4, 0.5) is 0 Å². The standard InChI is InChI=1S/C13H18BBr2NO2/c1-12(2)13(3,4)19-14(18-12)11(17)8-5-9(15)7-10(16)6-8/h5-7,11H,17H2,1-4H3/t11-/m1/s1. The summed E-state index contributed by atoms with van der Waals surface area (Å²) < 4.78 is 13.9. The molecule has 104 valence electrons. The molecule has 19 heavy (non-hydrogen) atoms. The SMILES string of the molecule is CC1(C)OB([C@H](N)c2cc(Br)cc(Br)c2)OC1(C)C. The fourth-order valence-corrected chi connectivity index (χ4v) is 3.29. The summed E-state index contributed by atoms with van der Waals surface area (Å²) in [5, 5.41) is 0. The average Bonchev–Trinajstić information content (AvgIpc) is 2.45. The third kappa shape index (κ3) is 3.08. The molecule has 2 rings (SSSR count). The van der Waals surface area contributed by atoms with Gasteiger partial charge in [-0.25, -0.2) is 0 Å². The Labute approximate surface area is 131 Å². The Morgan fingerprint density at radius 1 is 1.00 bits per heavy atom. The van der Waals surface area contributed by atoms with Gasteiger partial charge in [0.2, 0.25) is 0 Å². The van der Waals surface area contributed by atoms with E-state index in [0.717, 1.165) is 14.5 Å². The van der Waals surface area contributed by atoms with Crippen LogP contribution in [0.3, 0.4) is 0 Å². The minimum absolute atomic E-state index is 0.324. The normalized spacial score (nSPS) is 22.6. The first kappa shape index (κ1) is 15.5. The molecule has 1 heterocycles. The third-order valence-electron chi connectivity index (χ3n) is 3.83. The summed E-state index contributed by atoms with van der Waals surface area (Å²) in [6.07, 6.45) is 0. The molecule has 3 nitrogen and oxygen atoms in total. The highest BCUT2D eigenvalue weighted by Crippen LogP contribution is 2.40. The van der Waals surface area contributed by atoms with Crippen LogP contribution in [0.25, 0.3) is 0 Å². The largest absolute Gasteiger partial charge is 0.480 e. The Morgan fingerprint density at radius 2 is 1.42 bits per heavy atom. The van der Waals surface area contributed by atoms with Crippen LogP contribution in [-0.2, 0) is 9.31 Å². The van der Waals surface area contributed by atoms with E-state index < -0.39 is 7.12 Å². The molecule has 1 aromatic rings. The molecule has 0 aromatic heterocycles. The minimum Gasteiger partial charge on any atom is -0.402 e. The zero-order valence-electron chi connectivity index (χ0n) is 11.5.